The van der Waals surface area contributed by atoms with E-state index in [1.165, 1.54) is 0 Å². The van der Waals surface area contributed by atoms with Crippen molar-refractivity contribution in [3.8, 4) is 11.8 Å². The number of hydrogen-bond donors (Lipinski definition) is 1. The first kappa shape index (κ1) is 22.9. The van der Waals surface area contributed by atoms with E-state index in [0.717, 1.165) is 30.2 Å². The number of carbonyl (C=O) groups is 2. The van der Waals surface area contributed by atoms with E-state index < -0.39 is 5.54 Å². The maximum atomic E-state index is 13.4. The fraction of sp³-hybridized carbons (Fsp3) is 0.346. The van der Waals surface area contributed by atoms with Crippen molar-refractivity contribution >= 4 is 34.3 Å². The summed E-state index contributed by atoms with van der Waals surface area (Å²) in [6, 6.07) is 14.5. The number of methoxy groups -OCH3 is 1. The smallest absolute Gasteiger partial charge is 0.262 e. The average Bonchev–Trinajstić information content (AvgIpc) is 3.10. The molecule has 0 unspecified atom stereocenters. The van der Waals surface area contributed by atoms with Gasteiger partial charge in [-0.15, -0.1) is 0 Å². The first-order valence-corrected chi connectivity index (χ1v) is 11.5. The lowest BCUT2D eigenvalue weighted by Crippen LogP contribution is -2.49. The topological polar surface area (TPSA) is 84.1 Å². The minimum absolute atomic E-state index is 0.0693. The van der Waals surface area contributed by atoms with Crippen LogP contribution in [0.4, 0.5) is 0 Å². The molecule has 2 aromatic carbocycles. The quantitative estimate of drug-likeness (QED) is 0.564. The van der Waals surface area contributed by atoms with Crippen LogP contribution in [-0.4, -0.2) is 29.0 Å². The third-order valence-corrected chi connectivity index (χ3v) is 6.73. The number of nitrogens with one attached hydrogen (secondary N) is 1. The number of aromatic nitrogens is 1. The average molecular weight is 464 g/mol. The van der Waals surface area contributed by atoms with Crippen molar-refractivity contribution in [1.82, 2.24) is 9.88 Å². The van der Waals surface area contributed by atoms with Crippen LogP contribution >= 0.6 is 11.6 Å². The molecular formula is C26H26ClN3O3. The van der Waals surface area contributed by atoms with Crippen molar-refractivity contribution in [3.63, 3.8) is 0 Å². The van der Waals surface area contributed by atoms with Crippen LogP contribution < -0.4 is 10.1 Å². The van der Waals surface area contributed by atoms with Crippen LogP contribution in [0.3, 0.4) is 0 Å². The standard InChI is InChI=1S/C26H26ClN3O3/c1-17-21(15-24(31)29-26(16-28)12-4-3-5-13-26)22-14-20(33-2)10-11-23(22)30(17)25(32)18-6-8-19(27)9-7-18/h6-11,14H,3-5,12-13,15H2,1-2H3,(H,29,31). The lowest BCUT2D eigenvalue weighted by atomic mass is 9.82. The Kier molecular flexibility index (Phi) is 6.44. The van der Waals surface area contributed by atoms with Gasteiger partial charge in [-0.25, -0.2) is 0 Å². The van der Waals surface area contributed by atoms with E-state index in [1.807, 2.05) is 19.1 Å². The molecule has 1 amide bonds. The zero-order valence-corrected chi connectivity index (χ0v) is 19.5. The first-order valence-electron chi connectivity index (χ1n) is 11.1. The van der Waals surface area contributed by atoms with E-state index in [9.17, 15) is 14.9 Å². The highest BCUT2D eigenvalue weighted by Gasteiger charge is 2.34. The molecule has 6 nitrogen and oxygen atoms in total. The largest absolute Gasteiger partial charge is 0.497 e. The fourth-order valence-corrected chi connectivity index (χ4v) is 4.81. The second-order valence-electron chi connectivity index (χ2n) is 8.57. The van der Waals surface area contributed by atoms with Crippen LogP contribution in [0.25, 0.3) is 10.9 Å². The Balaban J connectivity index is 1.74. The summed E-state index contributed by atoms with van der Waals surface area (Å²) in [5, 5.41) is 14.1. The summed E-state index contributed by atoms with van der Waals surface area (Å²) in [4.78, 5) is 26.5. The van der Waals surface area contributed by atoms with Gasteiger partial charge in [-0.3, -0.25) is 14.2 Å². The summed E-state index contributed by atoms with van der Waals surface area (Å²) in [5.41, 5.74) is 1.81. The molecule has 33 heavy (non-hydrogen) atoms. The van der Waals surface area contributed by atoms with E-state index in [1.54, 1.807) is 42.0 Å². The molecule has 1 aliphatic carbocycles. The number of nitriles is 1. The van der Waals surface area contributed by atoms with Crippen LogP contribution in [0.1, 0.15) is 53.7 Å². The molecular weight excluding hydrogens is 438 g/mol. The minimum Gasteiger partial charge on any atom is -0.497 e. The van der Waals surface area contributed by atoms with Gasteiger partial charge in [0.25, 0.3) is 5.91 Å². The van der Waals surface area contributed by atoms with E-state index >= 15 is 0 Å². The molecule has 0 saturated heterocycles. The van der Waals surface area contributed by atoms with Gasteiger partial charge in [-0.05, 0) is 67.8 Å². The second kappa shape index (κ2) is 9.29. The highest BCUT2D eigenvalue weighted by molar-refractivity contribution is 6.30. The Hall–Kier alpha value is -3.30. The molecule has 1 N–H and O–H groups in total. The predicted octanol–water partition coefficient (Wildman–Crippen LogP) is 5.19. The Labute approximate surface area is 198 Å². The lowest BCUT2D eigenvalue weighted by molar-refractivity contribution is -0.122. The van der Waals surface area contributed by atoms with Crippen molar-refractivity contribution in [2.45, 2.75) is 51.0 Å². The second-order valence-corrected chi connectivity index (χ2v) is 9.01. The molecule has 1 saturated carbocycles. The number of carbonyl (C=O) groups excluding carboxylic acids is 2. The number of halogens is 1. The molecule has 1 aromatic heterocycles. The van der Waals surface area contributed by atoms with E-state index in [4.69, 9.17) is 16.3 Å². The molecule has 1 fully saturated rings. The molecule has 0 spiro atoms. The van der Waals surface area contributed by atoms with Crippen molar-refractivity contribution in [3.05, 3.63) is 64.3 Å². The highest BCUT2D eigenvalue weighted by Crippen LogP contribution is 2.32. The molecule has 170 valence electrons. The molecule has 4 rings (SSSR count). The van der Waals surface area contributed by atoms with E-state index in [0.29, 0.717) is 40.4 Å². The zero-order chi connectivity index (χ0) is 23.6. The number of hydrogen-bond acceptors (Lipinski definition) is 4. The van der Waals surface area contributed by atoms with E-state index in [2.05, 4.69) is 11.4 Å². The normalized spacial score (nSPS) is 15.1. The summed E-state index contributed by atoms with van der Waals surface area (Å²) in [7, 11) is 1.58. The Morgan fingerprint density at radius 2 is 1.85 bits per heavy atom. The van der Waals surface area contributed by atoms with Crippen molar-refractivity contribution in [2.75, 3.05) is 7.11 Å². The van der Waals surface area contributed by atoms with Gasteiger partial charge in [0.05, 0.1) is 25.1 Å². The van der Waals surface area contributed by atoms with Gasteiger partial charge in [0.15, 0.2) is 0 Å². The number of fused-ring (bicyclic) bond motifs is 1. The molecule has 1 heterocycles. The van der Waals surface area contributed by atoms with Crippen LogP contribution in [-0.2, 0) is 11.2 Å². The zero-order valence-electron chi connectivity index (χ0n) is 18.8. The number of rotatable bonds is 5. The highest BCUT2D eigenvalue weighted by atomic mass is 35.5. The molecule has 3 aromatic rings. The van der Waals surface area contributed by atoms with Crippen molar-refractivity contribution in [2.24, 2.45) is 0 Å². The fourth-order valence-electron chi connectivity index (χ4n) is 4.69. The number of benzene rings is 2. The third kappa shape index (κ3) is 4.46. The number of amides is 1. The lowest BCUT2D eigenvalue weighted by Gasteiger charge is -2.31. The van der Waals surface area contributed by atoms with Gasteiger partial charge < -0.3 is 10.1 Å². The van der Waals surface area contributed by atoms with Crippen molar-refractivity contribution < 1.29 is 14.3 Å². The summed E-state index contributed by atoms with van der Waals surface area (Å²) in [5.74, 6) is 0.218. The summed E-state index contributed by atoms with van der Waals surface area (Å²) < 4.78 is 7.02. The van der Waals surface area contributed by atoms with Crippen LogP contribution in [0, 0.1) is 18.3 Å². The molecule has 0 bridgehead atoms. The summed E-state index contributed by atoms with van der Waals surface area (Å²) >= 11 is 5.99. The van der Waals surface area contributed by atoms with Gasteiger partial charge in [0.1, 0.15) is 11.3 Å². The van der Waals surface area contributed by atoms with Crippen LogP contribution in [0.2, 0.25) is 5.02 Å². The Morgan fingerprint density at radius 1 is 1.15 bits per heavy atom. The number of nitrogens with zero attached hydrogens (tertiary/aromatic N) is 2. The maximum Gasteiger partial charge on any atom is 0.262 e. The predicted molar refractivity (Wildman–Crippen MR) is 128 cm³/mol. The van der Waals surface area contributed by atoms with Gasteiger partial charge in [-0.2, -0.15) is 5.26 Å². The summed E-state index contributed by atoms with van der Waals surface area (Å²) in [6.45, 7) is 1.84. The molecule has 1 aliphatic rings. The Morgan fingerprint density at radius 3 is 2.48 bits per heavy atom. The molecule has 0 aliphatic heterocycles. The minimum atomic E-state index is -0.807. The van der Waals surface area contributed by atoms with E-state index in [-0.39, 0.29) is 18.2 Å². The maximum absolute atomic E-state index is 13.4. The van der Waals surface area contributed by atoms with Gasteiger partial charge in [0.2, 0.25) is 5.91 Å². The molecule has 0 radical (unpaired) electrons. The molecule has 0 atom stereocenters. The van der Waals surface area contributed by atoms with Gasteiger partial charge in [-0.1, -0.05) is 30.9 Å². The Bertz CT molecular complexity index is 1250. The SMILES string of the molecule is COc1ccc2c(c1)c(CC(=O)NC1(C#N)CCCCC1)c(C)n2C(=O)c1ccc(Cl)cc1. The third-order valence-electron chi connectivity index (χ3n) is 6.47. The van der Waals surface area contributed by atoms with Gasteiger partial charge >= 0.3 is 0 Å². The van der Waals surface area contributed by atoms with Gasteiger partial charge in [0, 0.05) is 21.7 Å². The number of ether oxygens (including phenoxy) is 1. The monoisotopic (exact) mass is 463 g/mol. The van der Waals surface area contributed by atoms with Crippen LogP contribution in [0.5, 0.6) is 5.75 Å². The van der Waals surface area contributed by atoms with Crippen molar-refractivity contribution in [1.29, 1.82) is 5.26 Å². The van der Waals surface area contributed by atoms with Crippen LogP contribution in [0.15, 0.2) is 42.5 Å². The first-order chi connectivity index (χ1) is 15.9. The summed E-state index contributed by atoms with van der Waals surface area (Å²) in [6.07, 6.45) is 4.34. The molecule has 7 heteroatoms.